The topological polar surface area (TPSA) is 67.7 Å². The minimum Gasteiger partial charge on any atom is -0.381 e. The van der Waals surface area contributed by atoms with Crippen molar-refractivity contribution in [2.24, 2.45) is 10.9 Å². The molecule has 1 aliphatic carbocycles. The molecule has 146 valence electrons. The van der Waals surface area contributed by atoms with Gasteiger partial charge in [-0.15, -0.1) is 0 Å². The highest BCUT2D eigenvalue weighted by atomic mass is 16.5. The first-order chi connectivity index (χ1) is 12.7. The van der Waals surface area contributed by atoms with Crippen molar-refractivity contribution in [2.75, 3.05) is 32.8 Å². The lowest BCUT2D eigenvalue weighted by Gasteiger charge is -2.12. The molecule has 1 aliphatic rings. The first-order valence-electron chi connectivity index (χ1n) is 9.97. The maximum atomic E-state index is 11.8. The highest BCUT2D eigenvalue weighted by Gasteiger charge is 2.20. The first kappa shape index (κ1) is 20.5. The van der Waals surface area contributed by atoms with E-state index in [4.69, 9.17) is 4.74 Å². The Labute approximate surface area is 157 Å². The van der Waals surface area contributed by atoms with Crippen LogP contribution in [-0.4, -0.2) is 43.4 Å². The molecule has 0 saturated heterocycles. The van der Waals surface area contributed by atoms with Gasteiger partial charge in [-0.2, -0.15) is 0 Å². The van der Waals surface area contributed by atoms with Gasteiger partial charge in [0, 0.05) is 51.2 Å². The molecule has 0 aliphatic heterocycles. The highest BCUT2D eigenvalue weighted by Crippen LogP contribution is 2.28. The molecule has 1 fully saturated rings. The summed E-state index contributed by atoms with van der Waals surface area (Å²) in [7, 11) is 0. The molecule has 0 atom stereocenters. The van der Waals surface area contributed by atoms with Crippen molar-refractivity contribution in [3.05, 3.63) is 34.2 Å². The lowest BCUT2D eigenvalue weighted by atomic mass is 10.3. The lowest BCUT2D eigenvalue weighted by Crippen LogP contribution is -2.38. The Bertz CT molecular complexity index is 608. The number of guanidine groups is 1. The smallest absolute Gasteiger partial charge is 0.250 e. The predicted octanol–water partition coefficient (Wildman–Crippen LogP) is 2.31. The summed E-state index contributed by atoms with van der Waals surface area (Å²) >= 11 is 0. The van der Waals surface area contributed by atoms with Gasteiger partial charge in [-0.25, -0.2) is 0 Å². The SMILES string of the molecule is CCNC(=NCCCOCC1CC1)NCCCCn1c(C)cccc1=O. The van der Waals surface area contributed by atoms with E-state index < -0.39 is 0 Å². The molecular weight excluding hydrogens is 328 g/mol. The Morgan fingerprint density at radius 3 is 2.85 bits per heavy atom. The molecule has 1 heterocycles. The van der Waals surface area contributed by atoms with Gasteiger partial charge in [-0.1, -0.05) is 6.07 Å². The average molecular weight is 363 g/mol. The number of hydrogen-bond acceptors (Lipinski definition) is 3. The molecule has 2 N–H and O–H groups in total. The molecule has 0 spiro atoms. The zero-order valence-corrected chi connectivity index (χ0v) is 16.3. The number of hydrogen-bond donors (Lipinski definition) is 2. The van der Waals surface area contributed by atoms with Crippen molar-refractivity contribution in [1.82, 2.24) is 15.2 Å². The molecule has 1 saturated carbocycles. The van der Waals surface area contributed by atoms with Gasteiger partial charge in [-0.05, 0) is 57.9 Å². The zero-order valence-electron chi connectivity index (χ0n) is 16.3. The molecule has 26 heavy (non-hydrogen) atoms. The number of pyridine rings is 1. The summed E-state index contributed by atoms with van der Waals surface area (Å²) in [4.78, 5) is 16.4. The third kappa shape index (κ3) is 8.04. The van der Waals surface area contributed by atoms with Crippen molar-refractivity contribution in [3.8, 4) is 0 Å². The Balaban J connectivity index is 1.59. The number of aryl methyl sites for hydroxylation is 1. The number of aromatic nitrogens is 1. The Kier molecular flexibility index (Phi) is 9.24. The molecule has 0 unspecified atom stereocenters. The summed E-state index contributed by atoms with van der Waals surface area (Å²) in [6.07, 6.45) is 5.59. The fraction of sp³-hybridized carbons (Fsp3) is 0.700. The van der Waals surface area contributed by atoms with Gasteiger partial charge in [-0.3, -0.25) is 9.79 Å². The standard InChI is InChI=1S/C20H34N4O2/c1-3-21-20(23-13-7-15-26-16-18-10-11-18)22-12-4-5-14-24-17(2)8-6-9-19(24)25/h6,8-9,18H,3-5,7,10-16H2,1-2H3,(H2,21,22,23). The maximum absolute atomic E-state index is 11.8. The molecule has 1 aromatic heterocycles. The highest BCUT2D eigenvalue weighted by molar-refractivity contribution is 5.79. The van der Waals surface area contributed by atoms with Crippen LogP contribution in [0.1, 0.15) is 44.7 Å². The van der Waals surface area contributed by atoms with Crippen molar-refractivity contribution in [1.29, 1.82) is 0 Å². The van der Waals surface area contributed by atoms with Crippen LogP contribution in [0.3, 0.4) is 0 Å². The van der Waals surface area contributed by atoms with Crippen LogP contribution in [0.5, 0.6) is 0 Å². The van der Waals surface area contributed by atoms with Gasteiger partial charge in [0.15, 0.2) is 5.96 Å². The van der Waals surface area contributed by atoms with Crippen LogP contribution in [0.15, 0.2) is 28.0 Å². The van der Waals surface area contributed by atoms with Crippen molar-refractivity contribution in [3.63, 3.8) is 0 Å². The molecule has 0 bridgehead atoms. The molecule has 2 rings (SSSR count). The van der Waals surface area contributed by atoms with E-state index in [0.717, 1.165) is 76.2 Å². The van der Waals surface area contributed by atoms with Crippen molar-refractivity contribution < 1.29 is 4.74 Å². The van der Waals surface area contributed by atoms with Gasteiger partial charge >= 0.3 is 0 Å². The van der Waals surface area contributed by atoms with Crippen LogP contribution in [0.4, 0.5) is 0 Å². The van der Waals surface area contributed by atoms with Crippen LogP contribution in [-0.2, 0) is 11.3 Å². The van der Waals surface area contributed by atoms with Gasteiger partial charge < -0.3 is 19.9 Å². The summed E-state index contributed by atoms with van der Waals surface area (Å²) in [5, 5.41) is 6.64. The van der Waals surface area contributed by atoms with E-state index in [2.05, 4.69) is 22.5 Å². The van der Waals surface area contributed by atoms with E-state index >= 15 is 0 Å². The predicted molar refractivity (Wildman–Crippen MR) is 107 cm³/mol. The van der Waals surface area contributed by atoms with E-state index in [0.29, 0.717) is 0 Å². The molecular formula is C20H34N4O2. The third-order valence-electron chi connectivity index (χ3n) is 4.48. The monoisotopic (exact) mass is 362 g/mol. The number of unbranched alkanes of at least 4 members (excludes halogenated alkanes) is 1. The lowest BCUT2D eigenvalue weighted by molar-refractivity contribution is 0.123. The minimum atomic E-state index is 0.0803. The normalized spacial score (nSPS) is 14.5. The summed E-state index contributed by atoms with van der Waals surface area (Å²) in [6.45, 7) is 9.01. The fourth-order valence-corrected chi connectivity index (χ4v) is 2.75. The van der Waals surface area contributed by atoms with Gasteiger partial charge in [0.2, 0.25) is 0 Å². The van der Waals surface area contributed by atoms with E-state index in [-0.39, 0.29) is 5.56 Å². The molecule has 0 aromatic carbocycles. The van der Waals surface area contributed by atoms with Crippen LogP contribution in [0, 0.1) is 12.8 Å². The number of nitrogens with zero attached hydrogens (tertiary/aromatic N) is 2. The van der Waals surface area contributed by atoms with E-state index in [1.807, 2.05) is 23.6 Å². The maximum Gasteiger partial charge on any atom is 0.250 e. The summed E-state index contributed by atoms with van der Waals surface area (Å²) in [5.74, 6) is 1.69. The largest absolute Gasteiger partial charge is 0.381 e. The van der Waals surface area contributed by atoms with Crippen LogP contribution >= 0.6 is 0 Å². The first-order valence-corrected chi connectivity index (χ1v) is 9.97. The van der Waals surface area contributed by atoms with Crippen LogP contribution in [0.25, 0.3) is 0 Å². The second-order valence-corrected chi connectivity index (χ2v) is 6.92. The Hall–Kier alpha value is -1.82. The van der Waals surface area contributed by atoms with Gasteiger partial charge in [0.25, 0.3) is 5.56 Å². The average Bonchev–Trinajstić information content (AvgIpc) is 3.44. The quantitative estimate of drug-likeness (QED) is 0.340. The number of rotatable bonds is 12. The summed E-state index contributed by atoms with van der Waals surface area (Å²) in [5.41, 5.74) is 1.10. The minimum absolute atomic E-state index is 0.0803. The Morgan fingerprint density at radius 2 is 2.12 bits per heavy atom. The molecule has 6 nitrogen and oxygen atoms in total. The number of aliphatic imine (C=N–C) groups is 1. The number of nitrogens with one attached hydrogen (secondary N) is 2. The van der Waals surface area contributed by atoms with Gasteiger partial charge in [0.1, 0.15) is 0 Å². The number of ether oxygens (including phenoxy) is 1. The van der Waals surface area contributed by atoms with Crippen molar-refractivity contribution >= 4 is 5.96 Å². The molecule has 0 radical (unpaired) electrons. The molecule has 1 aromatic rings. The van der Waals surface area contributed by atoms with Crippen LogP contribution < -0.4 is 16.2 Å². The second-order valence-electron chi connectivity index (χ2n) is 6.92. The zero-order chi connectivity index (χ0) is 18.6. The molecule has 6 heteroatoms. The van der Waals surface area contributed by atoms with Crippen LogP contribution in [0.2, 0.25) is 0 Å². The fourth-order valence-electron chi connectivity index (χ4n) is 2.75. The van der Waals surface area contributed by atoms with Gasteiger partial charge in [0.05, 0.1) is 0 Å². The summed E-state index contributed by atoms with van der Waals surface area (Å²) in [6, 6.07) is 5.41. The van der Waals surface area contributed by atoms with Crippen molar-refractivity contribution in [2.45, 2.75) is 52.5 Å². The summed E-state index contributed by atoms with van der Waals surface area (Å²) < 4.78 is 7.47. The Morgan fingerprint density at radius 1 is 1.27 bits per heavy atom. The third-order valence-corrected chi connectivity index (χ3v) is 4.48. The van der Waals surface area contributed by atoms with E-state index in [9.17, 15) is 4.79 Å². The van der Waals surface area contributed by atoms with E-state index in [1.165, 1.54) is 12.8 Å². The second kappa shape index (κ2) is 11.7. The molecule has 0 amide bonds. The van der Waals surface area contributed by atoms with E-state index in [1.54, 1.807) is 6.07 Å².